The van der Waals surface area contributed by atoms with Gasteiger partial charge in [-0.3, -0.25) is 0 Å². The molecular weight excluding hydrogens is 352 g/mol. The van der Waals surface area contributed by atoms with Gasteiger partial charge in [-0.15, -0.1) is 11.3 Å². The molecule has 2 nitrogen and oxygen atoms in total. The molecule has 0 N–H and O–H groups in total. The van der Waals surface area contributed by atoms with Crippen molar-refractivity contribution >= 4 is 21.2 Å². The summed E-state index contributed by atoms with van der Waals surface area (Å²) in [7, 11) is -3.70. The summed E-state index contributed by atoms with van der Waals surface area (Å²) in [6.07, 6.45) is -0.159. The lowest BCUT2D eigenvalue weighted by Crippen LogP contribution is -2.26. The van der Waals surface area contributed by atoms with Crippen molar-refractivity contribution < 1.29 is 26.0 Å². The van der Waals surface area contributed by atoms with Crippen LogP contribution >= 0.6 is 11.3 Å². The number of thiophene rings is 1. The number of halogens is 4. The quantitative estimate of drug-likeness (QED) is 0.748. The van der Waals surface area contributed by atoms with Gasteiger partial charge in [0.05, 0.1) is 0 Å². The van der Waals surface area contributed by atoms with Crippen molar-refractivity contribution in [1.29, 1.82) is 0 Å². The van der Waals surface area contributed by atoms with Gasteiger partial charge >= 0.3 is 0 Å². The average molecular weight is 364 g/mol. The number of hydrogen-bond acceptors (Lipinski definition) is 3. The third-order valence-electron chi connectivity index (χ3n) is 3.72. The Hall–Kier alpha value is -1.41. The molecule has 124 valence electrons. The first kappa shape index (κ1) is 16.4. The molecule has 1 aliphatic carbocycles. The summed E-state index contributed by atoms with van der Waals surface area (Å²) in [5.41, 5.74) is 0.698. The Bertz CT molecular complexity index is 865. The molecule has 0 bridgehead atoms. The van der Waals surface area contributed by atoms with E-state index in [1.54, 1.807) is 0 Å². The Kier molecular flexibility index (Phi) is 3.79. The van der Waals surface area contributed by atoms with Crippen LogP contribution in [-0.4, -0.2) is 20.6 Å². The van der Waals surface area contributed by atoms with Gasteiger partial charge in [0, 0.05) is 30.0 Å². The van der Waals surface area contributed by atoms with E-state index >= 15 is 0 Å². The van der Waals surface area contributed by atoms with Crippen LogP contribution in [0, 0.1) is 11.6 Å². The van der Waals surface area contributed by atoms with Crippen molar-refractivity contribution in [2.45, 2.75) is 29.4 Å². The Balaban J connectivity index is 2.26. The smallest absolute Gasteiger partial charge is 0.223 e. The van der Waals surface area contributed by atoms with E-state index in [0.717, 1.165) is 29.7 Å². The first-order valence-electron chi connectivity index (χ1n) is 6.76. The Morgan fingerprint density at radius 1 is 1.09 bits per heavy atom. The van der Waals surface area contributed by atoms with Gasteiger partial charge in [0.1, 0.15) is 15.8 Å². The fourth-order valence-corrected chi connectivity index (χ4v) is 5.38. The summed E-state index contributed by atoms with van der Waals surface area (Å²) in [4.78, 5) is 0.342. The molecule has 23 heavy (non-hydrogen) atoms. The van der Waals surface area contributed by atoms with E-state index < -0.39 is 40.2 Å². The van der Waals surface area contributed by atoms with Gasteiger partial charge in [-0.05, 0) is 35.2 Å². The zero-order chi connectivity index (χ0) is 17.0. The SMILES string of the molecule is CS(=O)(=O)c1sc(-c2cc(F)cc(F)c2)c2c1CC(F)(F)CC2. The number of sulfone groups is 1. The van der Waals surface area contributed by atoms with E-state index in [2.05, 4.69) is 0 Å². The minimum absolute atomic E-state index is 0.0260. The van der Waals surface area contributed by atoms with Gasteiger partial charge in [0.2, 0.25) is 0 Å². The van der Waals surface area contributed by atoms with E-state index in [1.165, 1.54) is 0 Å². The molecule has 2 aromatic rings. The molecule has 0 spiro atoms. The summed E-state index contributed by atoms with van der Waals surface area (Å²) < 4.78 is 77.9. The van der Waals surface area contributed by atoms with Gasteiger partial charge in [-0.25, -0.2) is 26.0 Å². The van der Waals surface area contributed by atoms with E-state index in [0.29, 0.717) is 16.5 Å². The Morgan fingerprint density at radius 3 is 2.26 bits per heavy atom. The first-order chi connectivity index (χ1) is 10.6. The summed E-state index contributed by atoms with van der Waals surface area (Å²) in [6.45, 7) is 0. The van der Waals surface area contributed by atoms with Crippen LogP contribution in [0.3, 0.4) is 0 Å². The first-order valence-corrected chi connectivity index (χ1v) is 9.46. The molecule has 0 unspecified atom stereocenters. The highest BCUT2D eigenvalue weighted by atomic mass is 32.2. The standard InChI is InChI=1S/C15H12F4O2S2/c1-23(20,21)14-12-7-15(18,19)3-2-11(12)13(22-14)8-4-9(16)6-10(17)5-8/h4-6H,2-3,7H2,1H3. The molecule has 1 aromatic heterocycles. The minimum atomic E-state index is -3.70. The van der Waals surface area contributed by atoms with E-state index in [4.69, 9.17) is 0 Å². The van der Waals surface area contributed by atoms with Crippen LogP contribution in [0.15, 0.2) is 22.4 Å². The third kappa shape index (κ3) is 3.14. The molecule has 1 aromatic carbocycles. The van der Waals surface area contributed by atoms with Crippen molar-refractivity contribution in [1.82, 2.24) is 0 Å². The third-order valence-corrected chi connectivity index (χ3v) is 6.91. The van der Waals surface area contributed by atoms with E-state index in [-0.39, 0.29) is 21.8 Å². The summed E-state index contributed by atoms with van der Waals surface area (Å²) in [6, 6.07) is 2.86. The van der Waals surface area contributed by atoms with Crippen LogP contribution in [0.4, 0.5) is 17.6 Å². The molecule has 8 heteroatoms. The van der Waals surface area contributed by atoms with E-state index in [9.17, 15) is 26.0 Å². The molecule has 1 aliphatic rings. The lowest BCUT2D eigenvalue weighted by molar-refractivity contribution is -0.0125. The largest absolute Gasteiger partial charge is 0.252 e. The molecule has 0 fully saturated rings. The highest BCUT2D eigenvalue weighted by Gasteiger charge is 2.39. The molecule has 0 amide bonds. The molecule has 1 heterocycles. The lowest BCUT2D eigenvalue weighted by atomic mass is 9.89. The Morgan fingerprint density at radius 2 is 1.70 bits per heavy atom. The molecule has 0 radical (unpaired) electrons. The lowest BCUT2D eigenvalue weighted by Gasteiger charge is -2.23. The zero-order valence-electron chi connectivity index (χ0n) is 12.0. The Labute approximate surface area is 134 Å². The summed E-state index contributed by atoms with van der Waals surface area (Å²) >= 11 is 0.799. The van der Waals surface area contributed by atoms with Crippen LogP contribution in [0.25, 0.3) is 10.4 Å². The maximum atomic E-state index is 13.7. The van der Waals surface area contributed by atoms with Crippen LogP contribution in [0.1, 0.15) is 17.5 Å². The van der Waals surface area contributed by atoms with Crippen molar-refractivity contribution in [3.8, 4) is 10.4 Å². The molecular formula is C15H12F4O2S2. The van der Waals surface area contributed by atoms with Crippen molar-refractivity contribution in [3.05, 3.63) is 41.0 Å². The zero-order valence-corrected chi connectivity index (χ0v) is 13.6. The fourth-order valence-electron chi connectivity index (χ4n) is 2.79. The van der Waals surface area contributed by atoms with Crippen molar-refractivity contribution in [2.75, 3.05) is 6.26 Å². The summed E-state index contributed by atoms with van der Waals surface area (Å²) in [5.74, 6) is -4.58. The van der Waals surface area contributed by atoms with Gasteiger partial charge in [0.25, 0.3) is 5.92 Å². The monoisotopic (exact) mass is 364 g/mol. The van der Waals surface area contributed by atoms with Gasteiger partial charge in [0.15, 0.2) is 9.84 Å². The number of benzene rings is 1. The van der Waals surface area contributed by atoms with Crippen molar-refractivity contribution in [2.24, 2.45) is 0 Å². The maximum Gasteiger partial charge on any atom is 0.252 e. The molecule has 0 saturated carbocycles. The van der Waals surface area contributed by atoms with Crippen LogP contribution in [-0.2, 0) is 22.7 Å². The maximum absolute atomic E-state index is 13.7. The molecule has 0 saturated heterocycles. The number of rotatable bonds is 2. The molecule has 3 rings (SSSR count). The second-order valence-electron chi connectivity index (χ2n) is 5.64. The number of hydrogen-bond donors (Lipinski definition) is 0. The van der Waals surface area contributed by atoms with Gasteiger partial charge in [-0.1, -0.05) is 0 Å². The predicted molar refractivity (Wildman–Crippen MR) is 79.8 cm³/mol. The average Bonchev–Trinajstić information content (AvgIpc) is 2.74. The second-order valence-corrected chi connectivity index (χ2v) is 8.87. The highest BCUT2D eigenvalue weighted by molar-refractivity contribution is 7.92. The van der Waals surface area contributed by atoms with Gasteiger partial charge in [-0.2, -0.15) is 0 Å². The molecule has 0 atom stereocenters. The van der Waals surface area contributed by atoms with E-state index in [1.807, 2.05) is 0 Å². The van der Waals surface area contributed by atoms with Crippen LogP contribution in [0.2, 0.25) is 0 Å². The van der Waals surface area contributed by atoms with Crippen LogP contribution in [0.5, 0.6) is 0 Å². The van der Waals surface area contributed by atoms with Crippen molar-refractivity contribution in [3.63, 3.8) is 0 Å². The van der Waals surface area contributed by atoms with Gasteiger partial charge < -0.3 is 0 Å². The topological polar surface area (TPSA) is 34.1 Å². The normalized spacial score (nSPS) is 17.1. The minimum Gasteiger partial charge on any atom is -0.223 e. The second kappa shape index (κ2) is 5.31. The van der Waals surface area contributed by atoms with Crippen LogP contribution < -0.4 is 0 Å². The predicted octanol–water partition coefficient (Wildman–Crippen LogP) is 4.22. The fraction of sp³-hybridized carbons (Fsp3) is 0.333. The highest BCUT2D eigenvalue weighted by Crippen LogP contribution is 2.46. The number of fused-ring (bicyclic) bond motifs is 1. The summed E-state index contributed by atoms with van der Waals surface area (Å²) in [5, 5.41) is 0. The number of alkyl halides is 2. The molecule has 0 aliphatic heterocycles.